The van der Waals surface area contributed by atoms with Crippen LogP contribution >= 0.6 is 0 Å². The second kappa shape index (κ2) is 4.07. The van der Waals surface area contributed by atoms with E-state index in [1.54, 1.807) is 12.3 Å². The molecule has 0 saturated heterocycles. The van der Waals surface area contributed by atoms with E-state index in [4.69, 9.17) is 11.0 Å². The molecule has 0 aliphatic carbocycles. The SMILES string of the molecule is N#CNC(N)=Nc1cccc(F)c1. The van der Waals surface area contributed by atoms with Crippen LogP contribution in [-0.4, -0.2) is 5.96 Å². The molecule has 0 unspecified atom stereocenters. The number of hydrogen-bond donors (Lipinski definition) is 2. The summed E-state index contributed by atoms with van der Waals surface area (Å²) in [5.74, 6) is -0.459. The summed E-state index contributed by atoms with van der Waals surface area (Å²) in [6, 6.07) is 5.60. The highest BCUT2D eigenvalue weighted by Crippen LogP contribution is 2.11. The molecule has 1 rings (SSSR count). The van der Waals surface area contributed by atoms with Crippen LogP contribution in [0.5, 0.6) is 0 Å². The van der Waals surface area contributed by atoms with Gasteiger partial charge in [0.15, 0.2) is 6.19 Å². The Morgan fingerprint density at radius 2 is 2.38 bits per heavy atom. The fourth-order valence-corrected chi connectivity index (χ4v) is 0.770. The number of aliphatic imine (C=N–C) groups is 1. The van der Waals surface area contributed by atoms with Gasteiger partial charge in [0.2, 0.25) is 5.96 Å². The molecule has 1 aromatic rings. The lowest BCUT2D eigenvalue weighted by Gasteiger charge is -1.96. The first-order chi connectivity index (χ1) is 6.22. The summed E-state index contributed by atoms with van der Waals surface area (Å²) in [5, 5.41) is 10.3. The van der Waals surface area contributed by atoms with Gasteiger partial charge < -0.3 is 5.73 Å². The maximum atomic E-state index is 12.6. The lowest BCUT2D eigenvalue weighted by Crippen LogP contribution is -2.26. The smallest absolute Gasteiger partial charge is 0.207 e. The molecule has 0 atom stereocenters. The standard InChI is InChI=1S/C8H7FN4/c9-6-2-1-3-7(4-6)13-8(11)12-5-10/h1-4H,(H3,11,12,13). The third kappa shape index (κ3) is 2.79. The van der Waals surface area contributed by atoms with Crippen LogP contribution in [0.2, 0.25) is 0 Å². The summed E-state index contributed by atoms with van der Waals surface area (Å²) in [6.07, 6.45) is 1.60. The highest BCUT2D eigenvalue weighted by Gasteiger charge is 1.93. The summed E-state index contributed by atoms with van der Waals surface area (Å²) in [5.41, 5.74) is 5.62. The van der Waals surface area contributed by atoms with E-state index in [1.165, 1.54) is 18.2 Å². The van der Waals surface area contributed by atoms with Gasteiger partial charge in [0.1, 0.15) is 5.82 Å². The van der Waals surface area contributed by atoms with E-state index in [1.807, 2.05) is 0 Å². The normalized spacial score (nSPS) is 10.6. The Hall–Kier alpha value is -2.09. The van der Waals surface area contributed by atoms with Crippen molar-refractivity contribution >= 4 is 11.6 Å². The van der Waals surface area contributed by atoms with Crippen LogP contribution in [0.4, 0.5) is 10.1 Å². The number of nitrogens with one attached hydrogen (secondary N) is 1. The van der Waals surface area contributed by atoms with Gasteiger partial charge in [-0.1, -0.05) is 6.07 Å². The molecule has 1 aromatic carbocycles. The summed E-state index contributed by atoms with van der Waals surface area (Å²) in [7, 11) is 0. The van der Waals surface area contributed by atoms with Gasteiger partial charge in [-0.2, -0.15) is 5.26 Å². The van der Waals surface area contributed by atoms with E-state index in [-0.39, 0.29) is 5.96 Å². The van der Waals surface area contributed by atoms with Crippen molar-refractivity contribution in [1.29, 1.82) is 5.26 Å². The molecule has 13 heavy (non-hydrogen) atoms. The number of nitrogens with two attached hydrogens (primary N) is 1. The summed E-state index contributed by atoms with van der Waals surface area (Å²) in [4.78, 5) is 3.73. The van der Waals surface area contributed by atoms with Gasteiger partial charge in [-0.3, -0.25) is 5.32 Å². The van der Waals surface area contributed by atoms with E-state index in [9.17, 15) is 4.39 Å². The second-order valence-electron chi connectivity index (χ2n) is 2.21. The molecule has 0 bridgehead atoms. The maximum absolute atomic E-state index is 12.6. The lowest BCUT2D eigenvalue weighted by atomic mass is 10.3. The van der Waals surface area contributed by atoms with Crippen LogP contribution in [-0.2, 0) is 0 Å². The number of halogens is 1. The minimum absolute atomic E-state index is 0.0619. The number of hydrogen-bond acceptors (Lipinski definition) is 2. The zero-order valence-corrected chi connectivity index (χ0v) is 6.66. The zero-order chi connectivity index (χ0) is 9.68. The molecule has 0 spiro atoms. The van der Waals surface area contributed by atoms with E-state index in [0.717, 1.165) is 0 Å². The molecule has 66 valence electrons. The number of nitrogens with zero attached hydrogens (tertiary/aromatic N) is 2. The predicted molar refractivity (Wildman–Crippen MR) is 46.4 cm³/mol. The molecule has 0 amide bonds. The number of guanidine groups is 1. The molecule has 0 aromatic heterocycles. The van der Waals surface area contributed by atoms with E-state index in [0.29, 0.717) is 5.69 Å². The van der Waals surface area contributed by atoms with Gasteiger partial charge in [0.25, 0.3) is 0 Å². The highest BCUT2D eigenvalue weighted by atomic mass is 19.1. The van der Waals surface area contributed by atoms with Crippen molar-refractivity contribution in [1.82, 2.24) is 5.32 Å². The lowest BCUT2D eigenvalue weighted by molar-refractivity contribution is 0.628. The van der Waals surface area contributed by atoms with Crippen molar-refractivity contribution in [3.8, 4) is 6.19 Å². The second-order valence-corrected chi connectivity index (χ2v) is 2.21. The molecule has 0 fully saturated rings. The minimum atomic E-state index is -0.397. The van der Waals surface area contributed by atoms with Crippen LogP contribution in [0.1, 0.15) is 0 Å². The predicted octanol–water partition coefficient (Wildman–Crippen LogP) is 0.843. The summed E-state index contributed by atoms with van der Waals surface area (Å²) >= 11 is 0. The van der Waals surface area contributed by atoms with Crippen molar-refractivity contribution in [3.63, 3.8) is 0 Å². The third-order valence-electron chi connectivity index (χ3n) is 1.24. The largest absolute Gasteiger partial charge is 0.369 e. The highest BCUT2D eigenvalue weighted by molar-refractivity contribution is 5.82. The van der Waals surface area contributed by atoms with Gasteiger partial charge in [-0.05, 0) is 18.2 Å². The van der Waals surface area contributed by atoms with E-state index in [2.05, 4.69) is 10.3 Å². The molecule has 0 aliphatic rings. The Bertz CT molecular complexity index is 367. The molecule has 0 saturated carbocycles. The Kier molecular flexibility index (Phi) is 2.82. The fraction of sp³-hybridized carbons (Fsp3) is 0. The quantitative estimate of drug-likeness (QED) is 0.289. The van der Waals surface area contributed by atoms with Gasteiger partial charge in [0.05, 0.1) is 5.69 Å². The molecule has 0 aliphatic heterocycles. The molecule has 5 heteroatoms. The minimum Gasteiger partial charge on any atom is -0.369 e. The Labute approximate surface area is 74.5 Å². The number of rotatable bonds is 1. The molecule has 0 radical (unpaired) electrons. The van der Waals surface area contributed by atoms with Crippen molar-refractivity contribution in [3.05, 3.63) is 30.1 Å². The van der Waals surface area contributed by atoms with Crippen LogP contribution < -0.4 is 11.1 Å². The van der Waals surface area contributed by atoms with Crippen molar-refractivity contribution in [2.45, 2.75) is 0 Å². The first kappa shape index (κ1) is 9.00. The molecular weight excluding hydrogens is 171 g/mol. The third-order valence-corrected chi connectivity index (χ3v) is 1.24. The Morgan fingerprint density at radius 3 is 3.00 bits per heavy atom. The topological polar surface area (TPSA) is 74.2 Å². The number of nitriles is 1. The van der Waals surface area contributed by atoms with E-state index >= 15 is 0 Å². The van der Waals surface area contributed by atoms with Crippen LogP contribution in [0.3, 0.4) is 0 Å². The van der Waals surface area contributed by atoms with Gasteiger partial charge in [-0.25, -0.2) is 9.38 Å². The average molecular weight is 178 g/mol. The maximum Gasteiger partial charge on any atom is 0.207 e. The Balaban J connectivity index is 2.86. The summed E-state index contributed by atoms with van der Waals surface area (Å²) < 4.78 is 12.6. The Morgan fingerprint density at radius 1 is 1.62 bits per heavy atom. The molecular formula is C8H7FN4. The molecule has 3 N–H and O–H groups in total. The van der Waals surface area contributed by atoms with Crippen LogP contribution in [0.25, 0.3) is 0 Å². The van der Waals surface area contributed by atoms with Crippen LogP contribution in [0.15, 0.2) is 29.3 Å². The van der Waals surface area contributed by atoms with Crippen molar-refractivity contribution in [2.24, 2.45) is 10.7 Å². The first-order valence-electron chi connectivity index (χ1n) is 3.47. The fourth-order valence-electron chi connectivity index (χ4n) is 0.770. The first-order valence-corrected chi connectivity index (χ1v) is 3.47. The molecule has 0 heterocycles. The van der Waals surface area contributed by atoms with Crippen molar-refractivity contribution < 1.29 is 4.39 Å². The summed E-state index contributed by atoms with van der Waals surface area (Å²) in [6.45, 7) is 0. The average Bonchev–Trinajstić information content (AvgIpc) is 2.04. The number of benzene rings is 1. The van der Waals surface area contributed by atoms with Gasteiger partial charge >= 0.3 is 0 Å². The van der Waals surface area contributed by atoms with Crippen LogP contribution in [0, 0.1) is 17.3 Å². The monoisotopic (exact) mass is 178 g/mol. The van der Waals surface area contributed by atoms with Gasteiger partial charge in [0, 0.05) is 0 Å². The zero-order valence-electron chi connectivity index (χ0n) is 6.66. The van der Waals surface area contributed by atoms with E-state index < -0.39 is 5.82 Å². The van der Waals surface area contributed by atoms with Crippen molar-refractivity contribution in [2.75, 3.05) is 0 Å². The molecule has 4 nitrogen and oxygen atoms in total. The van der Waals surface area contributed by atoms with Gasteiger partial charge in [-0.15, -0.1) is 0 Å².